The van der Waals surface area contributed by atoms with E-state index < -0.39 is 24.7 Å². The number of primary amides is 1. The van der Waals surface area contributed by atoms with Crippen LogP contribution in [0.1, 0.15) is 13.3 Å². The van der Waals surface area contributed by atoms with Gasteiger partial charge in [0.15, 0.2) is 0 Å². The summed E-state index contributed by atoms with van der Waals surface area (Å²) in [6.45, 7) is 1.54. The van der Waals surface area contributed by atoms with Gasteiger partial charge in [0.1, 0.15) is 0 Å². The highest BCUT2D eigenvalue weighted by atomic mass is 19.4. The number of hydrogen-bond donors (Lipinski definition) is 2. The van der Waals surface area contributed by atoms with Gasteiger partial charge in [-0.1, -0.05) is 6.92 Å². The van der Waals surface area contributed by atoms with E-state index in [2.05, 4.69) is 5.32 Å². The molecule has 0 rings (SSSR count). The molecule has 96 valence electrons. The maximum atomic E-state index is 12.0. The van der Waals surface area contributed by atoms with Crippen LogP contribution < -0.4 is 11.1 Å². The second-order valence-corrected chi connectivity index (χ2v) is 3.65. The number of nitrogens with one attached hydrogen (secondary N) is 1. The van der Waals surface area contributed by atoms with Crippen molar-refractivity contribution in [3.63, 3.8) is 0 Å². The minimum atomic E-state index is -4.21. The van der Waals surface area contributed by atoms with E-state index in [4.69, 9.17) is 5.73 Å². The molecule has 7 heteroatoms. The van der Waals surface area contributed by atoms with Gasteiger partial charge in [-0.25, -0.2) is 0 Å². The predicted molar refractivity (Wildman–Crippen MR) is 54.8 cm³/mol. The van der Waals surface area contributed by atoms with Crippen LogP contribution in [0.3, 0.4) is 0 Å². The first-order valence-electron chi connectivity index (χ1n) is 5.04. The van der Waals surface area contributed by atoms with Gasteiger partial charge in [-0.15, -0.1) is 0 Å². The molecular formula is C9H18F3N3O. The first-order valence-corrected chi connectivity index (χ1v) is 5.04. The van der Waals surface area contributed by atoms with Crippen LogP contribution in [0.15, 0.2) is 0 Å². The molecule has 0 heterocycles. The molecule has 0 fully saturated rings. The van der Waals surface area contributed by atoms with E-state index in [1.807, 2.05) is 0 Å². The third kappa shape index (κ3) is 7.47. The molecular weight excluding hydrogens is 223 g/mol. The number of likely N-dealkylation sites (N-methyl/N-ethyl adjacent to an activating group) is 1. The molecule has 0 bridgehead atoms. The molecule has 0 aliphatic rings. The van der Waals surface area contributed by atoms with Crippen LogP contribution in [0, 0.1) is 0 Å². The molecule has 1 amide bonds. The van der Waals surface area contributed by atoms with Crippen LogP contribution in [0.2, 0.25) is 0 Å². The number of nitrogens with zero attached hydrogens (tertiary/aromatic N) is 1. The van der Waals surface area contributed by atoms with E-state index in [0.29, 0.717) is 6.54 Å². The van der Waals surface area contributed by atoms with Crippen LogP contribution in [0.5, 0.6) is 0 Å². The summed E-state index contributed by atoms with van der Waals surface area (Å²) in [7, 11) is 1.36. The number of amides is 1. The lowest BCUT2D eigenvalue weighted by atomic mass is 10.2. The fourth-order valence-electron chi connectivity index (χ4n) is 1.33. The monoisotopic (exact) mass is 241 g/mol. The molecule has 0 aromatic carbocycles. The summed E-state index contributed by atoms with van der Waals surface area (Å²) in [4.78, 5) is 12.0. The third-order valence-electron chi connectivity index (χ3n) is 2.04. The fraction of sp³-hybridized carbons (Fsp3) is 0.889. The Balaban J connectivity index is 3.96. The number of carbonyl (C=O) groups is 1. The largest absolute Gasteiger partial charge is 0.401 e. The zero-order valence-corrected chi connectivity index (χ0v) is 9.47. The Bertz CT molecular complexity index is 221. The summed E-state index contributed by atoms with van der Waals surface area (Å²) in [6, 6.07) is -0.569. The van der Waals surface area contributed by atoms with Gasteiger partial charge in [0.2, 0.25) is 5.91 Å². The van der Waals surface area contributed by atoms with Crippen LogP contribution in [-0.4, -0.2) is 49.7 Å². The number of rotatable bonds is 7. The quantitative estimate of drug-likeness (QED) is 0.675. The first kappa shape index (κ1) is 15.2. The van der Waals surface area contributed by atoms with Crippen molar-refractivity contribution in [3.05, 3.63) is 0 Å². The standard InChI is InChI=1S/C9H18F3N3O/c1-3-14-7(8(13)16)4-5-15(2)6-9(10,11)12/h7,14H,3-6H2,1-2H3,(H2,13,16). The lowest BCUT2D eigenvalue weighted by Crippen LogP contribution is -2.44. The number of carbonyl (C=O) groups excluding carboxylic acids is 1. The van der Waals surface area contributed by atoms with Crippen molar-refractivity contribution in [1.82, 2.24) is 10.2 Å². The van der Waals surface area contributed by atoms with E-state index >= 15 is 0 Å². The van der Waals surface area contributed by atoms with Gasteiger partial charge in [0.25, 0.3) is 0 Å². The highest BCUT2D eigenvalue weighted by Crippen LogP contribution is 2.15. The zero-order valence-electron chi connectivity index (χ0n) is 9.47. The number of alkyl halides is 3. The van der Waals surface area contributed by atoms with Crippen molar-refractivity contribution in [2.24, 2.45) is 5.73 Å². The summed E-state index contributed by atoms with van der Waals surface area (Å²) >= 11 is 0. The highest BCUT2D eigenvalue weighted by molar-refractivity contribution is 5.79. The van der Waals surface area contributed by atoms with Crippen molar-refractivity contribution in [1.29, 1.82) is 0 Å². The van der Waals surface area contributed by atoms with Crippen molar-refractivity contribution < 1.29 is 18.0 Å². The second kappa shape index (κ2) is 6.70. The Labute approximate surface area is 93.0 Å². The molecule has 0 aliphatic carbocycles. The third-order valence-corrected chi connectivity index (χ3v) is 2.04. The Morgan fingerprint density at radius 3 is 2.44 bits per heavy atom. The van der Waals surface area contributed by atoms with E-state index in [9.17, 15) is 18.0 Å². The lowest BCUT2D eigenvalue weighted by molar-refractivity contribution is -0.143. The molecule has 3 N–H and O–H groups in total. The summed E-state index contributed by atoms with van der Waals surface area (Å²) < 4.78 is 36.0. The molecule has 16 heavy (non-hydrogen) atoms. The van der Waals surface area contributed by atoms with Crippen molar-refractivity contribution >= 4 is 5.91 Å². The Morgan fingerprint density at radius 1 is 1.50 bits per heavy atom. The predicted octanol–water partition coefficient (Wildman–Crippen LogP) is 0.334. The van der Waals surface area contributed by atoms with Gasteiger partial charge in [0, 0.05) is 6.54 Å². The second-order valence-electron chi connectivity index (χ2n) is 3.65. The summed E-state index contributed by atoms with van der Waals surface area (Å²) in [5.41, 5.74) is 5.09. The minimum Gasteiger partial charge on any atom is -0.368 e. The van der Waals surface area contributed by atoms with Crippen LogP contribution >= 0.6 is 0 Å². The van der Waals surface area contributed by atoms with Gasteiger partial charge in [0.05, 0.1) is 12.6 Å². The SMILES string of the molecule is CCNC(CCN(C)CC(F)(F)F)C(N)=O. The molecule has 0 aromatic heterocycles. The molecule has 0 aliphatic heterocycles. The fourth-order valence-corrected chi connectivity index (χ4v) is 1.33. The van der Waals surface area contributed by atoms with Crippen molar-refractivity contribution in [2.75, 3.05) is 26.7 Å². The molecule has 0 radical (unpaired) electrons. The average Bonchev–Trinajstić information content (AvgIpc) is 2.08. The van der Waals surface area contributed by atoms with Gasteiger partial charge in [-0.2, -0.15) is 13.2 Å². The molecule has 0 saturated carbocycles. The summed E-state index contributed by atoms with van der Waals surface area (Å²) in [5, 5.41) is 2.82. The van der Waals surface area contributed by atoms with Gasteiger partial charge in [-0.3, -0.25) is 9.69 Å². The molecule has 4 nitrogen and oxygen atoms in total. The molecule has 1 unspecified atom stereocenters. The van der Waals surface area contributed by atoms with E-state index in [-0.39, 0.29) is 13.0 Å². The van der Waals surface area contributed by atoms with Crippen molar-refractivity contribution in [3.8, 4) is 0 Å². The molecule has 0 saturated heterocycles. The average molecular weight is 241 g/mol. The topological polar surface area (TPSA) is 58.4 Å². The highest BCUT2D eigenvalue weighted by Gasteiger charge is 2.29. The minimum absolute atomic E-state index is 0.167. The van der Waals surface area contributed by atoms with E-state index in [0.717, 1.165) is 4.90 Å². The lowest BCUT2D eigenvalue weighted by Gasteiger charge is -2.21. The molecule has 0 spiro atoms. The van der Waals surface area contributed by atoms with E-state index in [1.54, 1.807) is 6.92 Å². The molecule has 0 aromatic rings. The van der Waals surface area contributed by atoms with Gasteiger partial charge in [-0.05, 0) is 20.0 Å². The Hall–Kier alpha value is -0.820. The Morgan fingerprint density at radius 2 is 2.06 bits per heavy atom. The first-order chi connectivity index (χ1) is 7.26. The van der Waals surface area contributed by atoms with Crippen LogP contribution in [0.25, 0.3) is 0 Å². The van der Waals surface area contributed by atoms with Crippen LogP contribution in [-0.2, 0) is 4.79 Å². The maximum Gasteiger partial charge on any atom is 0.401 e. The van der Waals surface area contributed by atoms with Crippen molar-refractivity contribution in [2.45, 2.75) is 25.6 Å². The maximum absolute atomic E-state index is 12.0. The summed E-state index contributed by atoms with van der Waals surface area (Å²) in [5.74, 6) is -0.540. The zero-order chi connectivity index (χ0) is 12.8. The van der Waals surface area contributed by atoms with Gasteiger partial charge < -0.3 is 11.1 Å². The van der Waals surface area contributed by atoms with Gasteiger partial charge >= 0.3 is 6.18 Å². The molecule has 1 atom stereocenters. The number of nitrogens with two attached hydrogens (primary N) is 1. The number of halogens is 3. The van der Waals surface area contributed by atoms with E-state index in [1.165, 1.54) is 7.05 Å². The number of hydrogen-bond acceptors (Lipinski definition) is 3. The smallest absolute Gasteiger partial charge is 0.368 e. The van der Waals surface area contributed by atoms with Crippen LogP contribution in [0.4, 0.5) is 13.2 Å². The Kier molecular flexibility index (Phi) is 6.35. The normalized spacial score (nSPS) is 14.1. The summed E-state index contributed by atoms with van der Waals surface area (Å²) in [6.07, 6.45) is -3.94.